The van der Waals surface area contributed by atoms with E-state index < -0.39 is 0 Å². The smallest absolute Gasteiger partial charge is 0.306 e. The third kappa shape index (κ3) is 8.20. The summed E-state index contributed by atoms with van der Waals surface area (Å²) in [5.74, 6) is 0.138. The van der Waals surface area contributed by atoms with Crippen molar-refractivity contribution in [1.29, 1.82) is 0 Å². The lowest BCUT2D eigenvalue weighted by molar-refractivity contribution is -0.911. The predicted octanol–water partition coefficient (Wildman–Crippen LogP) is 3.90. The van der Waals surface area contributed by atoms with E-state index in [0.717, 1.165) is 49.9 Å². The minimum atomic E-state index is -0.168. The molecule has 5 nitrogen and oxygen atoms in total. The van der Waals surface area contributed by atoms with Crippen molar-refractivity contribution < 1.29 is 18.8 Å². The van der Waals surface area contributed by atoms with Crippen molar-refractivity contribution in [1.82, 2.24) is 4.90 Å². The Hall–Kier alpha value is -1.10. The number of amides is 1. The molecule has 2 fully saturated rings. The molecular formula is C22H41N2O3+. The summed E-state index contributed by atoms with van der Waals surface area (Å²) in [6, 6.07) is 0. The average molecular weight is 382 g/mol. The Kier molecular flexibility index (Phi) is 9.60. The summed E-state index contributed by atoms with van der Waals surface area (Å²) >= 11 is 0. The first-order chi connectivity index (χ1) is 13.0. The van der Waals surface area contributed by atoms with Gasteiger partial charge >= 0.3 is 5.97 Å². The van der Waals surface area contributed by atoms with Crippen molar-refractivity contribution in [2.24, 2.45) is 0 Å². The Labute approximate surface area is 166 Å². The Morgan fingerprint density at radius 3 is 2.41 bits per heavy atom. The quantitative estimate of drug-likeness (QED) is 0.310. The van der Waals surface area contributed by atoms with E-state index in [-0.39, 0.29) is 18.0 Å². The van der Waals surface area contributed by atoms with Crippen molar-refractivity contribution in [3.05, 3.63) is 0 Å². The van der Waals surface area contributed by atoms with Crippen LogP contribution in [-0.4, -0.2) is 67.1 Å². The largest absolute Gasteiger partial charge is 0.454 e. The first-order valence-corrected chi connectivity index (χ1v) is 11.3. The number of nitrogens with zero attached hydrogens (tertiary/aromatic N) is 2. The first-order valence-electron chi connectivity index (χ1n) is 11.3. The highest BCUT2D eigenvalue weighted by molar-refractivity contribution is 5.78. The number of carbonyl (C=O) groups excluding carboxylic acids is 2. The molecule has 0 N–H and O–H groups in total. The molecule has 0 unspecified atom stereocenters. The fourth-order valence-electron chi connectivity index (χ4n) is 4.52. The van der Waals surface area contributed by atoms with Crippen LogP contribution in [0.2, 0.25) is 0 Å². The summed E-state index contributed by atoms with van der Waals surface area (Å²) in [5.41, 5.74) is 0. The van der Waals surface area contributed by atoms with E-state index in [0.29, 0.717) is 19.4 Å². The van der Waals surface area contributed by atoms with Gasteiger partial charge in [-0.25, -0.2) is 0 Å². The summed E-state index contributed by atoms with van der Waals surface area (Å²) in [6.07, 6.45) is 12.7. The highest BCUT2D eigenvalue weighted by Crippen LogP contribution is 2.20. The molecule has 2 heterocycles. The maximum Gasteiger partial charge on any atom is 0.306 e. The molecule has 0 spiro atoms. The number of ether oxygens (including phenoxy) is 1. The van der Waals surface area contributed by atoms with E-state index in [1.165, 1.54) is 44.9 Å². The predicted molar refractivity (Wildman–Crippen MR) is 108 cm³/mol. The molecule has 0 aromatic heterocycles. The zero-order chi connectivity index (χ0) is 19.5. The fraction of sp³-hybridized carbons (Fsp3) is 0.909. The molecule has 1 amide bonds. The molecule has 1 atom stereocenters. The van der Waals surface area contributed by atoms with Crippen LogP contribution in [0.4, 0.5) is 0 Å². The van der Waals surface area contributed by atoms with E-state index in [2.05, 4.69) is 14.0 Å². The van der Waals surface area contributed by atoms with Crippen LogP contribution >= 0.6 is 0 Å². The Bertz CT molecular complexity index is 458. The van der Waals surface area contributed by atoms with Gasteiger partial charge in [0.05, 0.1) is 26.7 Å². The summed E-state index contributed by atoms with van der Waals surface area (Å²) < 4.78 is 6.90. The van der Waals surface area contributed by atoms with E-state index in [9.17, 15) is 9.59 Å². The molecule has 0 radical (unpaired) electrons. The van der Waals surface area contributed by atoms with E-state index in [1.807, 2.05) is 4.90 Å². The van der Waals surface area contributed by atoms with Gasteiger partial charge in [0.2, 0.25) is 5.91 Å². The van der Waals surface area contributed by atoms with Gasteiger partial charge < -0.3 is 14.1 Å². The summed E-state index contributed by atoms with van der Waals surface area (Å²) in [6.45, 7) is 6.73. The third-order valence-corrected chi connectivity index (χ3v) is 6.17. The molecule has 2 rings (SSSR count). The summed E-state index contributed by atoms with van der Waals surface area (Å²) in [4.78, 5) is 26.4. The van der Waals surface area contributed by atoms with Crippen LogP contribution in [0, 0.1) is 0 Å². The maximum atomic E-state index is 12.4. The third-order valence-electron chi connectivity index (χ3n) is 6.17. The second kappa shape index (κ2) is 11.7. The molecule has 0 aromatic rings. The van der Waals surface area contributed by atoms with Gasteiger partial charge in [0.1, 0.15) is 6.54 Å². The van der Waals surface area contributed by atoms with Crippen LogP contribution in [0.15, 0.2) is 0 Å². The lowest BCUT2D eigenvalue weighted by atomic mass is 10.1. The van der Waals surface area contributed by atoms with Crippen molar-refractivity contribution in [3.8, 4) is 0 Å². The van der Waals surface area contributed by atoms with Gasteiger partial charge in [-0.2, -0.15) is 0 Å². The number of esters is 1. The molecule has 2 aliphatic heterocycles. The molecular weight excluding hydrogens is 340 g/mol. The number of hydrogen-bond acceptors (Lipinski definition) is 3. The van der Waals surface area contributed by atoms with Crippen molar-refractivity contribution in [2.45, 2.75) is 90.1 Å². The van der Waals surface area contributed by atoms with Crippen LogP contribution in [0.1, 0.15) is 84.0 Å². The zero-order valence-electron chi connectivity index (χ0n) is 17.7. The molecule has 27 heavy (non-hydrogen) atoms. The average Bonchev–Trinajstić information content (AvgIpc) is 2.89. The number of hydrogen-bond donors (Lipinski definition) is 0. The maximum absolute atomic E-state index is 12.4. The normalized spacial score (nSPS) is 21.1. The molecule has 156 valence electrons. The number of quaternary nitrogens is 1. The van der Waals surface area contributed by atoms with Crippen molar-refractivity contribution in [2.75, 3.05) is 39.8 Å². The highest BCUT2D eigenvalue weighted by Gasteiger charge is 2.33. The van der Waals surface area contributed by atoms with Crippen molar-refractivity contribution in [3.63, 3.8) is 0 Å². The van der Waals surface area contributed by atoms with Crippen LogP contribution in [-0.2, 0) is 14.3 Å². The number of carbonyl (C=O) groups is 2. The van der Waals surface area contributed by atoms with Crippen molar-refractivity contribution >= 4 is 11.9 Å². The van der Waals surface area contributed by atoms with Crippen LogP contribution in [0.3, 0.4) is 0 Å². The lowest BCUT2D eigenvalue weighted by Crippen LogP contribution is -2.53. The molecule has 2 saturated heterocycles. The van der Waals surface area contributed by atoms with Gasteiger partial charge in [-0.3, -0.25) is 9.59 Å². The Balaban J connectivity index is 1.88. The topological polar surface area (TPSA) is 46.6 Å². The van der Waals surface area contributed by atoms with Gasteiger partial charge in [-0.15, -0.1) is 0 Å². The summed E-state index contributed by atoms with van der Waals surface area (Å²) in [5, 5.41) is 0. The zero-order valence-corrected chi connectivity index (χ0v) is 17.7. The second-order valence-corrected chi connectivity index (χ2v) is 8.88. The fourth-order valence-corrected chi connectivity index (χ4v) is 4.52. The van der Waals surface area contributed by atoms with Gasteiger partial charge in [-0.1, -0.05) is 32.6 Å². The minimum Gasteiger partial charge on any atom is -0.454 e. The summed E-state index contributed by atoms with van der Waals surface area (Å²) in [7, 11) is 2.29. The SMILES string of the molecule is CCCCCCCC(=O)O[C@H](CN1CCCC1=O)C[N+]1(C)CCCCCC1. The number of unbranched alkanes of at least 4 members (excludes halogenated alkanes) is 4. The van der Waals surface area contributed by atoms with E-state index in [1.54, 1.807) is 0 Å². The number of rotatable bonds is 11. The lowest BCUT2D eigenvalue weighted by Gasteiger charge is -2.37. The number of likely N-dealkylation sites (tertiary alicyclic amines) is 2. The van der Waals surface area contributed by atoms with Gasteiger partial charge in [0.15, 0.2) is 6.10 Å². The molecule has 0 saturated carbocycles. The molecule has 0 aromatic carbocycles. The molecule has 2 aliphatic rings. The Morgan fingerprint density at radius 2 is 1.78 bits per heavy atom. The molecule has 0 bridgehead atoms. The highest BCUT2D eigenvalue weighted by atomic mass is 16.5. The number of likely N-dealkylation sites (N-methyl/N-ethyl adjacent to an activating group) is 1. The van der Waals surface area contributed by atoms with Crippen LogP contribution in [0.25, 0.3) is 0 Å². The van der Waals surface area contributed by atoms with E-state index in [4.69, 9.17) is 4.74 Å². The Morgan fingerprint density at radius 1 is 1.07 bits per heavy atom. The van der Waals surface area contributed by atoms with Gasteiger partial charge in [0, 0.05) is 19.4 Å². The van der Waals surface area contributed by atoms with Crippen LogP contribution < -0.4 is 0 Å². The minimum absolute atomic E-state index is 0.0791. The molecule has 0 aliphatic carbocycles. The van der Waals surface area contributed by atoms with E-state index >= 15 is 0 Å². The van der Waals surface area contributed by atoms with Gasteiger partial charge in [-0.05, 0) is 38.5 Å². The monoisotopic (exact) mass is 381 g/mol. The standard InChI is InChI=1S/C22H41N2O3/c1-3-4-5-6-9-14-22(26)27-20(18-23-15-12-13-21(23)25)19-24(2)16-10-7-8-11-17-24/h20H,3-19H2,1-2H3/q+1/t20-/m1/s1. The molecule has 5 heteroatoms. The second-order valence-electron chi connectivity index (χ2n) is 8.88. The van der Waals surface area contributed by atoms with Gasteiger partial charge in [0.25, 0.3) is 0 Å². The first kappa shape index (κ1) is 22.2. The van der Waals surface area contributed by atoms with Crippen LogP contribution in [0.5, 0.6) is 0 Å².